The first-order chi connectivity index (χ1) is 7.77. The number of nitrogens with zero attached hydrogens (tertiary/aromatic N) is 1. The number of hydrogen-bond donors (Lipinski definition) is 2. The fourth-order valence-corrected chi connectivity index (χ4v) is 2.55. The SMILES string of the molecule is O=C(O)Cc1cn[nH]c1C1CCCCCC1. The lowest BCUT2D eigenvalue weighted by Crippen LogP contribution is -2.06. The molecular weight excluding hydrogens is 204 g/mol. The molecule has 0 aromatic carbocycles. The monoisotopic (exact) mass is 222 g/mol. The molecule has 0 aliphatic heterocycles. The average molecular weight is 222 g/mol. The van der Waals surface area contributed by atoms with E-state index in [1.165, 1.54) is 25.7 Å². The molecule has 0 bridgehead atoms. The van der Waals surface area contributed by atoms with Crippen molar-refractivity contribution in [1.29, 1.82) is 0 Å². The molecule has 1 aromatic heterocycles. The number of carbonyl (C=O) groups is 1. The Balaban J connectivity index is 2.11. The third kappa shape index (κ3) is 2.62. The molecule has 1 saturated carbocycles. The van der Waals surface area contributed by atoms with Crippen LogP contribution in [0, 0.1) is 0 Å². The first-order valence-electron chi connectivity index (χ1n) is 6.01. The van der Waals surface area contributed by atoms with Gasteiger partial charge in [-0.3, -0.25) is 9.89 Å². The maximum atomic E-state index is 10.7. The molecule has 16 heavy (non-hydrogen) atoms. The van der Waals surface area contributed by atoms with Crippen LogP contribution in [0.1, 0.15) is 55.7 Å². The highest BCUT2D eigenvalue weighted by Crippen LogP contribution is 2.32. The van der Waals surface area contributed by atoms with Crippen molar-refractivity contribution in [2.24, 2.45) is 0 Å². The van der Waals surface area contributed by atoms with Gasteiger partial charge in [-0.1, -0.05) is 25.7 Å². The molecule has 0 amide bonds. The summed E-state index contributed by atoms with van der Waals surface area (Å²) >= 11 is 0. The maximum Gasteiger partial charge on any atom is 0.307 e. The van der Waals surface area contributed by atoms with Crippen LogP contribution in [0.4, 0.5) is 0 Å². The first-order valence-corrected chi connectivity index (χ1v) is 6.01. The van der Waals surface area contributed by atoms with Gasteiger partial charge in [0, 0.05) is 17.2 Å². The molecule has 1 heterocycles. The Morgan fingerprint density at radius 3 is 2.69 bits per heavy atom. The summed E-state index contributed by atoms with van der Waals surface area (Å²) in [5.41, 5.74) is 1.92. The summed E-state index contributed by atoms with van der Waals surface area (Å²) in [4.78, 5) is 10.7. The van der Waals surface area contributed by atoms with Gasteiger partial charge < -0.3 is 5.11 Å². The molecule has 88 valence electrons. The van der Waals surface area contributed by atoms with Crippen LogP contribution in [0.25, 0.3) is 0 Å². The molecule has 4 nitrogen and oxygen atoms in total. The van der Waals surface area contributed by atoms with Crippen LogP contribution in [0.3, 0.4) is 0 Å². The van der Waals surface area contributed by atoms with Gasteiger partial charge in [0.25, 0.3) is 0 Å². The van der Waals surface area contributed by atoms with Crippen molar-refractivity contribution in [3.63, 3.8) is 0 Å². The Bertz CT molecular complexity index is 352. The van der Waals surface area contributed by atoms with Gasteiger partial charge in [-0.05, 0) is 12.8 Å². The van der Waals surface area contributed by atoms with Gasteiger partial charge in [0.1, 0.15) is 0 Å². The summed E-state index contributed by atoms with van der Waals surface area (Å²) in [5, 5.41) is 15.8. The number of nitrogens with one attached hydrogen (secondary N) is 1. The fraction of sp³-hybridized carbons (Fsp3) is 0.667. The van der Waals surface area contributed by atoms with Gasteiger partial charge in [0.2, 0.25) is 0 Å². The lowest BCUT2D eigenvalue weighted by molar-refractivity contribution is -0.136. The number of carboxylic acids is 1. The van der Waals surface area contributed by atoms with Crippen molar-refractivity contribution in [2.45, 2.75) is 50.9 Å². The molecule has 0 saturated heterocycles. The Morgan fingerprint density at radius 1 is 1.38 bits per heavy atom. The molecule has 4 heteroatoms. The van der Waals surface area contributed by atoms with Crippen molar-refractivity contribution >= 4 is 5.97 Å². The van der Waals surface area contributed by atoms with Gasteiger partial charge in [-0.25, -0.2) is 0 Å². The number of hydrogen-bond acceptors (Lipinski definition) is 2. The Morgan fingerprint density at radius 2 is 2.06 bits per heavy atom. The van der Waals surface area contributed by atoms with E-state index in [1.54, 1.807) is 6.20 Å². The van der Waals surface area contributed by atoms with Gasteiger partial charge in [0.05, 0.1) is 12.6 Å². The predicted molar refractivity (Wildman–Crippen MR) is 60.4 cm³/mol. The van der Waals surface area contributed by atoms with E-state index in [9.17, 15) is 4.79 Å². The van der Waals surface area contributed by atoms with E-state index in [1.807, 2.05) is 0 Å². The summed E-state index contributed by atoms with van der Waals surface area (Å²) in [7, 11) is 0. The van der Waals surface area contributed by atoms with Crippen LogP contribution < -0.4 is 0 Å². The van der Waals surface area contributed by atoms with Crippen LogP contribution >= 0.6 is 0 Å². The second kappa shape index (κ2) is 5.14. The molecule has 1 fully saturated rings. The average Bonchev–Trinajstić information content (AvgIpc) is 2.53. The third-order valence-corrected chi connectivity index (χ3v) is 3.36. The van der Waals surface area contributed by atoms with Crippen molar-refractivity contribution in [2.75, 3.05) is 0 Å². The van der Waals surface area contributed by atoms with E-state index in [4.69, 9.17) is 5.11 Å². The van der Waals surface area contributed by atoms with Gasteiger partial charge >= 0.3 is 5.97 Å². The smallest absolute Gasteiger partial charge is 0.307 e. The van der Waals surface area contributed by atoms with E-state index < -0.39 is 5.97 Å². The number of aromatic amines is 1. The largest absolute Gasteiger partial charge is 0.481 e. The van der Waals surface area contributed by atoms with Crippen molar-refractivity contribution in [3.8, 4) is 0 Å². The number of H-pyrrole nitrogens is 1. The van der Waals surface area contributed by atoms with E-state index in [-0.39, 0.29) is 6.42 Å². The van der Waals surface area contributed by atoms with E-state index in [0.29, 0.717) is 5.92 Å². The number of aliphatic carboxylic acids is 1. The maximum absolute atomic E-state index is 10.7. The van der Waals surface area contributed by atoms with Crippen molar-refractivity contribution in [3.05, 3.63) is 17.5 Å². The minimum absolute atomic E-state index is 0.0856. The number of carboxylic acid groups (broad SMARTS) is 1. The zero-order chi connectivity index (χ0) is 11.4. The fourth-order valence-electron chi connectivity index (χ4n) is 2.55. The topological polar surface area (TPSA) is 66.0 Å². The van der Waals surface area contributed by atoms with E-state index in [2.05, 4.69) is 10.2 Å². The van der Waals surface area contributed by atoms with Crippen LogP contribution in [0.5, 0.6) is 0 Å². The zero-order valence-corrected chi connectivity index (χ0v) is 9.41. The van der Waals surface area contributed by atoms with Gasteiger partial charge in [-0.2, -0.15) is 5.10 Å². The van der Waals surface area contributed by atoms with Gasteiger partial charge in [-0.15, -0.1) is 0 Å². The molecule has 1 aliphatic rings. The summed E-state index contributed by atoms with van der Waals surface area (Å²) in [6.45, 7) is 0. The third-order valence-electron chi connectivity index (χ3n) is 3.36. The van der Waals surface area contributed by atoms with E-state index in [0.717, 1.165) is 24.1 Å². The highest BCUT2D eigenvalue weighted by atomic mass is 16.4. The van der Waals surface area contributed by atoms with Crippen LogP contribution in [-0.2, 0) is 11.2 Å². The highest BCUT2D eigenvalue weighted by Gasteiger charge is 2.20. The standard InChI is InChI=1S/C12H18N2O2/c15-11(16)7-10-8-13-14-12(10)9-5-3-1-2-4-6-9/h8-9H,1-7H2,(H,13,14)(H,15,16). The Hall–Kier alpha value is -1.32. The van der Waals surface area contributed by atoms with Crippen molar-refractivity contribution < 1.29 is 9.90 Å². The molecule has 2 rings (SSSR count). The molecular formula is C12H18N2O2. The predicted octanol–water partition coefficient (Wildman–Crippen LogP) is 2.47. The Labute approximate surface area is 95.1 Å². The van der Waals surface area contributed by atoms with Gasteiger partial charge in [0.15, 0.2) is 0 Å². The summed E-state index contributed by atoms with van der Waals surface area (Å²) in [6.07, 6.45) is 9.17. The Kier molecular flexibility index (Phi) is 3.59. The van der Waals surface area contributed by atoms with Crippen LogP contribution in [0.15, 0.2) is 6.20 Å². The number of aromatic nitrogens is 2. The molecule has 2 N–H and O–H groups in total. The number of rotatable bonds is 3. The lowest BCUT2D eigenvalue weighted by atomic mass is 9.93. The normalized spacial score (nSPS) is 18.2. The summed E-state index contributed by atoms with van der Waals surface area (Å²) < 4.78 is 0. The lowest BCUT2D eigenvalue weighted by Gasteiger charge is -2.13. The second-order valence-electron chi connectivity index (χ2n) is 4.57. The molecule has 0 radical (unpaired) electrons. The van der Waals surface area contributed by atoms with Crippen LogP contribution in [-0.4, -0.2) is 21.3 Å². The molecule has 0 spiro atoms. The minimum Gasteiger partial charge on any atom is -0.481 e. The zero-order valence-electron chi connectivity index (χ0n) is 9.41. The minimum atomic E-state index is -0.781. The quantitative estimate of drug-likeness (QED) is 0.772. The molecule has 0 unspecified atom stereocenters. The highest BCUT2D eigenvalue weighted by molar-refractivity contribution is 5.70. The summed E-state index contributed by atoms with van der Waals surface area (Å²) in [6, 6.07) is 0. The van der Waals surface area contributed by atoms with Crippen LogP contribution in [0.2, 0.25) is 0 Å². The van der Waals surface area contributed by atoms with Crippen molar-refractivity contribution in [1.82, 2.24) is 10.2 Å². The second-order valence-corrected chi connectivity index (χ2v) is 4.57. The van der Waals surface area contributed by atoms with E-state index >= 15 is 0 Å². The molecule has 0 atom stereocenters. The summed E-state index contributed by atoms with van der Waals surface area (Å²) in [5.74, 6) is -0.296. The molecule has 1 aromatic rings. The first kappa shape index (κ1) is 11.2. The molecule has 1 aliphatic carbocycles.